The lowest BCUT2D eigenvalue weighted by Gasteiger charge is -2.34. The summed E-state index contributed by atoms with van der Waals surface area (Å²) in [5, 5.41) is 2.90. The molecule has 1 aliphatic rings. The maximum absolute atomic E-state index is 13.1. The van der Waals surface area contributed by atoms with E-state index in [2.05, 4.69) is 59.7 Å². The second kappa shape index (κ2) is 11.9. The molecule has 202 valence electrons. The number of thiophene rings is 1. The van der Waals surface area contributed by atoms with Crippen LogP contribution in [0.25, 0.3) is 0 Å². The smallest absolute Gasteiger partial charge is 0.337 e. The number of likely N-dealkylation sites (N-methyl/N-ethyl adjacent to an activating group) is 1. The molecule has 0 radical (unpaired) electrons. The minimum Gasteiger partial charge on any atom is -0.465 e. The summed E-state index contributed by atoms with van der Waals surface area (Å²) in [5.74, 6) is -0.863. The number of benzene rings is 2. The number of hydrogen-bond donors (Lipinski definition) is 2. The van der Waals surface area contributed by atoms with E-state index in [-0.39, 0.29) is 16.5 Å². The Bertz CT molecular complexity index is 1420. The van der Waals surface area contributed by atoms with Crippen molar-refractivity contribution in [3.63, 3.8) is 0 Å². The zero-order chi connectivity index (χ0) is 27.4. The van der Waals surface area contributed by atoms with Gasteiger partial charge in [-0.05, 0) is 77.4 Å². The molecule has 0 unspecified atom stereocenters. The number of nitrogens with zero attached hydrogens (tertiary/aromatic N) is 2. The van der Waals surface area contributed by atoms with Gasteiger partial charge < -0.3 is 19.9 Å². The first-order chi connectivity index (χ1) is 18.1. The van der Waals surface area contributed by atoms with Gasteiger partial charge in [0, 0.05) is 44.1 Å². The van der Waals surface area contributed by atoms with Crippen molar-refractivity contribution in [1.29, 1.82) is 0 Å². The second-order valence-electron chi connectivity index (χ2n) is 8.97. The number of halogens is 1. The van der Waals surface area contributed by atoms with Gasteiger partial charge in [0.05, 0.1) is 21.3 Å². The average Bonchev–Trinajstić information content (AvgIpc) is 3.22. The molecule has 1 aromatic heterocycles. The van der Waals surface area contributed by atoms with Crippen LogP contribution in [-0.2, 0) is 21.3 Å². The fraction of sp³-hybridized carbons (Fsp3) is 0.308. The molecule has 2 aromatic carbocycles. The Labute approximate surface area is 235 Å². The summed E-state index contributed by atoms with van der Waals surface area (Å²) in [4.78, 5) is 29.6. The Balaban J connectivity index is 1.41. The molecule has 1 fully saturated rings. The molecule has 0 saturated carbocycles. The largest absolute Gasteiger partial charge is 0.465 e. The lowest BCUT2D eigenvalue weighted by atomic mass is 10.1. The molecule has 0 bridgehead atoms. The third kappa shape index (κ3) is 6.37. The van der Waals surface area contributed by atoms with Gasteiger partial charge in [0.1, 0.15) is 4.90 Å². The van der Waals surface area contributed by atoms with Gasteiger partial charge in [0.25, 0.3) is 15.9 Å². The van der Waals surface area contributed by atoms with Crippen molar-refractivity contribution in [3.8, 4) is 0 Å². The summed E-state index contributed by atoms with van der Waals surface area (Å²) in [7, 11) is -0.607. The number of ether oxygens (including phenoxy) is 1. The van der Waals surface area contributed by atoms with Gasteiger partial charge in [-0.3, -0.25) is 9.52 Å². The van der Waals surface area contributed by atoms with E-state index in [1.165, 1.54) is 31.4 Å². The van der Waals surface area contributed by atoms with E-state index in [1.54, 1.807) is 6.92 Å². The van der Waals surface area contributed by atoms with Gasteiger partial charge in [0.2, 0.25) is 0 Å². The molecular weight excluding hydrogens is 592 g/mol. The van der Waals surface area contributed by atoms with E-state index in [1.807, 2.05) is 12.1 Å². The summed E-state index contributed by atoms with van der Waals surface area (Å²) in [5.41, 5.74) is 3.05. The van der Waals surface area contributed by atoms with Gasteiger partial charge in [-0.25, -0.2) is 13.2 Å². The maximum Gasteiger partial charge on any atom is 0.337 e. The highest BCUT2D eigenvalue weighted by Gasteiger charge is 2.28. The summed E-state index contributed by atoms with van der Waals surface area (Å²) in [6.45, 7) is 5.96. The molecule has 3 aromatic rings. The fourth-order valence-corrected chi connectivity index (χ4v) is 8.19. The number of anilines is 2. The van der Waals surface area contributed by atoms with Crippen molar-refractivity contribution in [1.82, 2.24) is 10.2 Å². The van der Waals surface area contributed by atoms with Crippen molar-refractivity contribution in [3.05, 3.63) is 73.9 Å². The first kappa shape index (κ1) is 28.1. The van der Waals surface area contributed by atoms with E-state index in [0.29, 0.717) is 26.3 Å². The predicted molar refractivity (Wildman–Crippen MR) is 153 cm³/mol. The molecule has 0 atom stereocenters. The first-order valence-corrected chi connectivity index (χ1v) is 15.0. The summed E-state index contributed by atoms with van der Waals surface area (Å²) in [6.07, 6.45) is 0. The highest BCUT2D eigenvalue weighted by atomic mass is 79.9. The Kier molecular flexibility index (Phi) is 8.76. The molecule has 2 N–H and O–H groups in total. The summed E-state index contributed by atoms with van der Waals surface area (Å²) < 4.78 is 33.8. The number of carbonyl (C=O) groups excluding carboxylic acids is 2. The molecular formula is C26H29BrN4O5S2. The maximum atomic E-state index is 13.1. The molecule has 4 rings (SSSR count). The topological polar surface area (TPSA) is 108 Å². The molecule has 1 amide bonds. The van der Waals surface area contributed by atoms with Crippen molar-refractivity contribution in [2.24, 2.45) is 0 Å². The number of amides is 1. The van der Waals surface area contributed by atoms with Crippen LogP contribution in [0.5, 0.6) is 0 Å². The third-order valence-electron chi connectivity index (χ3n) is 6.34. The predicted octanol–water partition coefficient (Wildman–Crippen LogP) is 4.09. The number of sulfonamides is 1. The van der Waals surface area contributed by atoms with Crippen LogP contribution in [0.15, 0.2) is 57.2 Å². The molecule has 12 heteroatoms. The van der Waals surface area contributed by atoms with Gasteiger partial charge in [0.15, 0.2) is 0 Å². The summed E-state index contributed by atoms with van der Waals surface area (Å²) >= 11 is 4.39. The highest BCUT2D eigenvalue weighted by Crippen LogP contribution is 2.37. The van der Waals surface area contributed by atoms with Crippen molar-refractivity contribution in [2.45, 2.75) is 18.4 Å². The average molecular weight is 622 g/mol. The van der Waals surface area contributed by atoms with E-state index in [4.69, 9.17) is 0 Å². The normalized spacial score (nSPS) is 14.3. The SMILES string of the molecule is COC(=O)c1ccc(NS(=O)(=O)c2c(Br)sc(C(=O)NCc3ccc(N4CCN(C)CC4)cc3)c2C)cc1. The van der Waals surface area contributed by atoms with Crippen LogP contribution in [0.3, 0.4) is 0 Å². The minimum absolute atomic E-state index is 0.00113. The molecule has 0 spiro atoms. The molecule has 9 nitrogen and oxygen atoms in total. The molecule has 0 aliphatic carbocycles. The quantitative estimate of drug-likeness (QED) is 0.365. The highest BCUT2D eigenvalue weighted by molar-refractivity contribution is 9.11. The lowest BCUT2D eigenvalue weighted by Crippen LogP contribution is -2.44. The molecule has 1 saturated heterocycles. The molecule has 1 aliphatic heterocycles. The number of piperazine rings is 1. The second-order valence-corrected chi connectivity index (χ2v) is 12.9. The number of nitrogens with one attached hydrogen (secondary N) is 2. The van der Waals surface area contributed by atoms with E-state index < -0.39 is 16.0 Å². The van der Waals surface area contributed by atoms with Gasteiger partial charge in [-0.1, -0.05) is 12.1 Å². The Morgan fingerprint density at radius 2 is 1.66 bits per heavy atom. The van der Waals surface area contributed by atoms with E-state index >= 15 is 0 Å². The van der Waals surface area contributed by atoms with Crippen LogP contribution < -0.4 is 14.9 Å². The third-order valence-corrected chi connectivity index (χ3v) is 10.2. The van der Waals surface area contributed by atoms with Crippen LogP contribution in [-0.4, -0.2) is 65.5 Å². The monoisotopic (exact) mass is 620 g/mol. The summed E-state index contributed by atoms with van der Waals surface area (Å²) in [6, 6.07) is 14.0. The van der Waals surface area contributed by atoms with Crippen LogP contribution in [0.1, 0.15) is 31.2 Å². The number of esters is 1. The first-order valence-electron chi connectivity index (χ1n) is 11.9. The minimum atomic E-state index is -4.00. The fourth-order valence-electron chi connectivity index (χ4n) is 4.14. The number of methoxy groups -OCH3 is 1. The lowest BCUT2D eigenvalue weighted by molar-refractivity contribution is 0.0600. The Morgan fingerprint density at radius 1 is 1.03 bits per heavy atom. The zero-order valence-electron chi connectivity index (χ0n) is 21.3. The van der Waals surface area contributed by atoms with Gasteiger partial charge in [-0.15, -0.1) is 11.3 Å². The van der Waals surface area contributed by atoms with Gasteiger partial charge in [-0.2, -0.15) is 0 Å². The van der Waals surface area contributed by atoms with Crippen molar-refractivity contribution in [2.75, 3.05) is 50.0 Å². The number of rotatable bonds is 8. The molecule has 38 heavy (non-hydrogen) atoms. The number of hydrogen-bond acceptors (Lipinski definition) is 8. The number of carbonyl (C=O) groups is 2. The van der Waals surface area contributed by atoms with Crippen LogP contribution in [0.4, 0.5) is 11.4 Å². The van der Waals surface area contributed by atoms with Gasteiger partial charge >= 0.3 is 5.97 Å². The standard InChI is InChI=1S/C26H29BrN4O5S2/c1-17-22(25(32)28-16-18-4-10-21(11-5-18)31-14-12-30(2)13-15-31)37-24(27)23(17)38(34,35)29-20-8-6-19(7-9-20)26(33)36-3/h4-11,29H,12-16H2,1-3H3,(H,28,32). The van der Waals surface area contributed by atoms with Crippen molar-refractivity contribution < 1.29 is 22.7 Å². The molecule has 2 heterocycles. The van der Waals surface area contributed by atoms with Crippen LogP contribution >= 0.6 is 27.3 Å². The zero-order valence-corrected chi connectivity index (χ0v) is 24.5. The Morgan fingerprint density at radius 3 is 2.26 bits per heavy atom. The van der Waals surface area contributed by atoms with Crippen LogP contribution in [0, 0.1) is 6.92 Å². The van der Waals surface area contributed by atoms with Crippen molar-refractivity contribution >= 4 is 60.5 Å². The van der Waals surface area contributed by atoms with E-state index in [0.717, 1.165) is 48.8 Å². The van der Waals surface area contributed by atoms with Crippen LogP contribution in [0.2, 0.25) is 0 Å². The Hall–Kier alpha value is -2.93. The van der Waals surface area contributed by atoms with E-state index in [9.17, 15) is 18.0 Å².